The van der Waals surface area contributed by atoms with Gasteiger partial charge in [0.2, 0.25) is 0 Å². The smallest absolute Gasteiger partial charge is 0.145 e. The summed E-state index contributed by atoms with van der Waals surface area (Å²) in [5.41, 5.74) is 3.17. The highest BCUT2D eigenvalue weighted by molar-refractivity contribution is 9.10. The zero-order valence-electron chi connectivity index (χ0n) is 16.4. The van der Waals surface area contributed by atoms with Gasteiger partial charge in [0.15, 0.2) is 0 Å². The minimum Gasteiger partial charge on any atom is -0.497 e. The third-order valence-corrected chi connectivity index (χ3v) is 5.65. The molecule has 0 aliphatic heterocycles. The number of ether oxygens (including phenoxy) is 2. The molecular weight excluding hydrogens is 452 g/mol. The van der Waals surface area contributed by atoms with Crippen LogP contribution in [0.4, 0.5) is 5.82 Å². The highest BCUT2D eigenvalue weighted by Gasteiger charge is 2.16. The predicted octanol–water partition coefficient (Wildman–Crippen LogP) is 6.36. The fourth-order valence-electron chi connectivity index (χ4n) is 2.98. The molecule has 1 heterocycles. The summed E-state index contributed by atoms with van der Waals surface area (Å²) < 4.78 is 11.3. The van der Waals surface area contributed by atoms with E-state index in [1.807, 2.05) is 54.6 Å². The largest absolute Gasteiger partial charge is 0.497 e. The van der Waals surface area contributed by atoms with Crippen LogP contribution >= 0.6 is 27.5 Å². The molecule has 0 atom stereocenters. The van der Waals surface area contributed by atoms with Crippen LogP contribution in [-0.4, -0.2) is 19.2 Å². The van der Waals surface area contributed by atoms with Crippen LogP contribution in [0.3, 0.4) is 0 Å². The molecule has 0 saturated heterocycles. The summed E-state index contributed by atoms with van der Waals surface area (Å²) in [6.45, 7) is 5.25. The lowest BCUT2D eigenvalue weighted by Crippen LogP contribution is -2.24. The standard InChI is InChI=1S/C23H22BrClN2O2/c1-4-18-13-21(24)22(25)26-23(18)27(14-16-5-9-19(28-2)10-6-16)15-17-7-11-20(29-3)12-8-17/h4-13H,1,14-15H2,2-3H3. The van der Waals surface area contributed by atoms with Gasteiger partial charge in [0.05, 0.1) is 18.7 Å². The molecule has 29 heavy (non-hydrogen) atoms. The van der Waals surface area contributed by atoms with Crippen molar-refractivity contribution < 1.29 is 9.47 Å². The van der Waals surface area contributed by atoms with Gasteiger partial charge in [-0.15, -0.1) is 0 Å². The Balaban J connectivity index is 1.97. The first-order valence-corrected chi connectivity index (χ1v) is 10.2. The van der Waals surface area contributed by atoms with Crippen molar-refractivity contribution in [1.82, 2.24) is 4.98 Å². The molecule has 0 amide bonds. The van der Waals surface area contributed by atoms with Gasteiger partial charge in [-0.1, -0.05) is 48.5 Å². The fourth-order valence-corrected chi connectivity index (χ4v) is 3.45. The lowest BCUT2D eigenvalue weighted by Gasteiger charge is -2.26. The molecule has 1 aromatic heterocycles. The molecule has 0 aliphatic carbocycles. The second kappa shape index (κ2) is 9.81. The van der Waals surface area contributed by atoms with Gasteiger partial charge < -0.3 is 14.4 Å². The number of pyridine rings is 1. The third-order valence-electron chi connectivity index (χ3n) is 4.53. The Morgan fingerprint density at radius 3 is 1.86 bits per heavy atom. The first-order valence-electron chi connectivity index (χ1n) is 9.03. The summed E-state index contributed by atoms with van der Waals surface area (Å²) in [5.74, 6) is 2.43. The SMILES string of the molecule is C=Cc1cc(Br)c(Cl)nc1N(Cc1ccc(OC)cc1)Cc1ccc(OC)cc1. The van der Waals surface area contributed by atoms with Gasteiger partial charge in [0, 0.05) is 18.7 Å². The van der Waals surface area contributed by atoms with Gasteiger partial charge >= 0.3 is 0 Å². The molecule has 0 saturated carbocycles. The van der Waals surface area contributed by atoms with E-state index in [-0.39, 0.29) is 0 Å². The number of hydrogen-bond donors (Lipinski definition) is 0. The molecule has 4 nitrogen and oxygen atoms in total. The van der Waals surface area contributed by atoms with Gasteiger partial charge in [-0.05, 0) is 57.4 Å². The molecule has 0 radical (unpaired) electrons. The molecular formula is C23H22BrClN2O2. The van der Waals surface area contributed by atoms with E-state index in [0.717, 1.165) is 38.5 Å². The predicted molar refractivity (Wildman–Crippen MR) is 123 cm³/mol. The molecule has 0 fully saturated rings. The van der Waals surface area contributed by atoms with Gasteiger partial charge in [0.25, 0.3) is 0 Å². The monoisotopic (exact) mass is 472 g/mol. The molecule has 0 aliphatic rings. The summed E-state index contributed by atoms with van der Waals surface area (Å²) in [4.78, 5) is 6.81. The van der Waals surface area contributed by atoms with Crippen LogP contribution in [0.5, 0.6) is 11.5 Å². The molecule has 0 N–H and O–H groups in total. The first-order chi connectivity index (χ1) is 14.0. The van der Waals surface area contributed by atoms with Crippen LogP contribution in [0.2, 0.25) is 5.15 Å². The Hall–Kier alpha value is -2.50. The third kappa shape index (κ3) is 5.31. The molecule has 0 bridgehead atoms. The summed E-state index contributed by atoms with van der Waals surface area (Å²) in [6, 6.07) is 18.0. The Morgan fingerprint density at radius 2 is 1.45 bits per heavy atom. The fraction of sp³-hybridized carbons (Fsp3) is 0.174. The molecule has 6 heteroatoms. The van der Waals surface area contributed by atoms with Crippen molar-refractivity contribution in [2.45, 2.75) is 13.1 Å². The van der Waals surface area contributed by atoms with Crippen LogP contribution in [0.15, 0.2) is 65.6 Å². The number of halogens is 2. The van der Waals surface area contributed by atoms with Crippen LogP contribution < -0.4 is 14.4 Å². The van der Waals surface area contributed by atoms with E-state index in [0.29, 0.717) is 18.2 Å². The Labute approximate surface area is 184 Å². The van der Waals surface area contributed by atoms with Crippen molar-refractivity contribution in [1.29, 1.82) is 0 Å². The zero-order chi connectivity index (χ0) is 20.8. The lowest BCUT2D eigenvalue weighted by molar-refractivity contribution is 0.414. The summed E-state index contributed by atoms with van der Waals surface area (Å²) >= 11 is 9.77. The number of hydrogen-bond acceptors (Lipinski definition) is 4. The zero-order valence-corrected chi connectivity index (χ0v) is 18.7. The van der Waals surface area contributed by atoms with Gasteiger partial charge in [-0.25, -0.2) is 4.98 Å². The molecule has 0 spiro atoms. The van der Waals surface area contributed by atoms with Gasteiger partial charge in [-0.3, -0.25) is 0 Å². The summed E-state index contributed by atoms with van der Waals surface area (Å²) in [6.07, 6.45) is 1.79. The van der Waals surface area contributed by atoms with E-state index in [9.17, 15) is 0 Å². The highest BCUT2D eigenvalue weighted by Crippen LogP contribution is 2.31. The topological polar surface area (TPSA) is 34.6 Å². The van der Waals surface area contributed by atoms with E-state index >= 15 is 0 Å². The van der Waals surface area contributed by atoms with Crippen molar-refractivity contribution in [3.8, 4) is 11.5 Å². The van der Waals surface area contributed by atoms with Crippen molar-refractivity contribution in [3.05, 3.63) is 87.5 Å². The number of nitrogens with zero attached hydrogens (tertiary/aromatic N) is 2. The van der Waals surface area contributed by atoms with Crippen molar-refractivity contribution >= 4 is 39.4 Å². The molecule has 150 valence electrons. The van der Waals surface area contributed by atoms with E-state index in [1.54, 1.807) is 20.3 Å². The van der Waals surface area contributed by atoms with Gasteiger partial charge in [-0.2, -0.15) is 0 Å². The van der Waals surface area contributed by atoms with E-state index in [2.05, 4.69) is 32.4 Å². The lowest BCUT2D eigenvalue weighted by atomic mass is 10.1. The van der Waals surface area contributed by atoms with Crippen LogP contribution in [0.25, 0.3) is 6.08 Å². The number of aromatic nitrogens is 1. The van der Waals surface area contributed by atoms with E-state index in [4.69, 9.17) is 21.1 Å². The molecule has 3 rings (SSSR count). The summed E-state index contributed by atoms with van der Waals surface area (Å²) in [7, 11) is 3.32. The van der Waals surface area contributed by atoms with Crippen LogP contribution in [0.1, 0.15) is 16.7 Å². The highest BCUT2D eigenvalue weighted by atomic mass is 79.9. The number of methoxy groups -OCH3 is 2. The minimum absolute atomic E-state index is 0.417. The Bertz CT molecular complexity index is 926. The Kier molecular flexibility index (Phi) is 7.18. The average Bonchev–Trinajstić information content (AvgIpc) is 2.76. The van der Waals surface area contributed by atoms with Crippen molar-refractivity contribution in [3.63, 3.8) is 0 Å². The maximum atomic E-state index is 6.32. The molecule has 0 unspecified atom stereocenters. The second-order valence-corrected chi connectivity index (χ2v) is 7.64. The molecule has 2 aromatic carbocycles. The van der Waals surface area contributed by atoms with E-state index < -0.39 is 0 Å². The quantitative estimate of drug-likeness (QED) is 0.356. The second-order valence-electron chi connectivity index (χ2n) is 6.43. The maximum Gasteiger partial charge on any atom is 0.145 e. The Morgan fingerprint density at radius 1 is 0.966 bits per heavy atom. The average molecular weight is 474 g/mol. The maximum absolute atomic E-state index is 6.32. The van der Waals surface area contributed by atoms with Crippen molar-refractivity contribution in [2.24, 2.45) is 0 Å². The van der Waals surface area contributed by atoms with Crippen molar-refractivity contribution in [2.75, 3.05) is 19.1 Å². The summed E-state index contributed by atoms with van der Waals surface area (Å²) in [5, 5.41) is 0.417. The number of benzene rings is 2. The minimum atomic E-state index is 0.417. The number of rotatable bonds is 8. The van der Waals surface area contributed by atoms with Gasteiger partial charge in [0.1, 0.15) is 22.5 Å². The number of anilines is 1. The van der Waals surface area contributed by atoms with E-state index in [1.165, 1.54) is 0 Å². The van der Waals surface area contributed by atoms with Crippen LogP contribution in [-0.2, 0) is 13.1 Å². The molecule has 3 aromatic rings. The van der Waals surface area contributed by atoms with Crippen LogP contribution in [0, 0.1) is 0 Å². The normalized spacial score (nSPS) is 10.5. The first kappa shape index (κ1) is 21.2.